The molecule has 0 aromatic rings. The van der Waals surface area contributed by atoms with E-state index in [-0.39, 0.29) is 31.1 Å². The van der Waals surface area contributed by atoms with Gasteiger partial charge in [-0.05, 0) is 66.0 Å². The van der Waals surface area contributed by atoms with Gasteiger partial charge in [0.2, 0.25) is 0 Å². The third kappa shape index (κ3) is 10.8. The van der Waals surface area contributed by atoms with Gasteiger partial charge in [-0.2, -0.15) is 0 Å². The number of rotatable bonds is 10. The molecule has 54 heavy (non-hydrogen) atoms. The van der Waals surface area contributed by atoms with E-state index in [4.69, 9.17) is 33.2 Å². The standard InChI is InChI=1S/C40H65NO13/c1-21(2)16-30(44)52-38-25(6)50-32(19-40(38,7)47)53-35-24(5)51-39(34(46)33(35)41(8)9)54-37-26-17-22(3)29(43)15-13-11-12-14-23(4)49-31(45)18-27(28(26)20-42)36(37)48-10/h11-13,15,20-29,32-39,43,46-47H,14,16-19H2,1-10H3/b12-11+,15-13+/t22-,23-,24-,25+,26-,27-,28+,29+,32+,33-,34-,35-,36+,37+,38+,39+,40-/m1/s1. The van der Waals surface area contributed by atoms with Gasteiger partial charge in [0.15, 0.2) is 18.7 Å². The van der Waals surface area contributed by atoms with Crippen molar-refractivity contribution in [1.82, 2.24) is 4.90 Å². The lowest BCUT2D eigenvalue weighted by Gasteiger charge is -2.50. The normalized spacial score (nSPS) is 44.9. The van der Waals surface area contributed by atoms with Crippen LogP contribution in [0.3, 0.4) is 0 Å². The SMILES string of the molecule is CO[C@H]1[C@@H]2CC(=O)O[C@H](C)C/C=C/C=C/[C@H](O)[C@H](C)C[C@H]([C@@H]2C=O)[C@@H]1O[C@@H]1O[C@H](C)[C@@H](O[C@H]2C[C@@](C)(O)[C@@H](OC(=O)CC(C)C)[C@H](C)O2)[C@H](N(C)C)[C@H]1O. The highest BCUT2D eigenvalue weighted by atomic mass is 16.7. The molecule has 0 radical (unpaired) electrons. The molecule has 0 aromatic carbocycles. The van der Waals surface area contributed by atoms with Crippen molar-refractivity contribution in [1.29, 1.82) is 0 Å². The van der Waals surface area contributed by atoms with E-state index >= 15 is 0 Å². The first kappa shape index (κ1) is 44.4. The summed E-state index contributed by atoms with van der Waals surface area (Å²) in [5, 5.41) is 34.4. The Hall–Kier alpha value is -2.27. The van der Waals surface area contributed by atoms with E-state index in [1.165, 1.54) is 7.11 Å². The van der Waals surface area contributed by atoms with Crippen LogP contribution in [0.1, 0.15) is 80.6 Å². The van der Waals surface area contributed by atoms with Gasteiger partial charge < -0.3 is 58.2 Å². The summed E-state index contributed by atoms with van der Waals surface area (Å²) in [6, 6.07) is -0.677. The molecule has 3 N–H and O–H groups in total. The minimum absolute atomic E-state index is 0.000820. The lowest BCUT2D eigenvalue weighted by atomic mass is 9.81. The van der Waals surface area contributed by atoms with Gasteiger partial charge in [0, 0.05) is 38.2 Å². The second-order valence-corrected chi connectivity index (χ2v) is 16.7. The van der Waals surface area contributed by atoms with Crippen molar-refractivity contribution < 1.29 is 62.9 Å². The van der Waals surface area contributed by atoms with Crippen LogP contribution in [0.25, 0.3) is 0 Å². The number of ether oxygens (including phenoxy) is 7. The molecule has 308 valence electrons. The van der Waals surface area contributed by atoms with Gasteiger partial charge in [-0.3, -0.25) is 9.59 Å². The number of hydrogen-bond acceptors (Lipinski definition) is 14. The average Bonchev–Trinajstić information content (AvgIpc) is 3.33. The number of carbonyl (C=O) groups excluding carboxylic acids is 3. The molecule has 3 fully saturated rings. The van der Waals surface area contributed by atoms with Crippen molar-refractivity contribution in [2.24, 2.45) is 29.6 Å². The highest BCUT2D eigenvalue weighted by Gasteiger charge is 2.56. The van der Waals surface area contributed by atoms with Crippen LogP contribution in [-0.4, -0.2) is 139 Å². The van der Waals surface area contributed by atoms with Gasteiger partial charge in [-0.15, -0.1) is 0 Å². The Morgan fingerprint density at radius 3 is 2.35 bits per heavy atom. The maximum absolute atomic E-state index is 13.2. The Bertz CT molecular complexity index is 1300. The number of hydrogen-bond donors (Lipinski definition) is 3. The van der Waals surface area contributed by atoms with Crippen LogP contribution < -0.4 is 0 Å². The first-order chi connectivity index (χ1) is 25.4. The van der Waals surface area contributed by atoms with E-state index in [2.05, 4.69) is 0 Å². The van der Waals surface area contributed by atoms with E-state index in [0.29, 0.717) is 12.8 Å². The van der Waals surface area contributed by atoms with Gasteiger partial charge >= 0.3 is 11.9 Å². The van der Waals surface area contributed by atoms with Crippen molar-refractivity contribution in [2.75, 3.05) is 21.2 Å². The second-order valence-electron chi connectivity index (χ2n) is 16.7. The summed E-state index contributed by atoms with van der Waals surface area (Å²) in [4.78, 5) is 40.3. The number of esters is 2. The van der Waals surface area contributed by atoms with Gasteiger partial charge in [-0.1, -0.05) is 45.1 Å². The number of fused-ring (bicyclic) bond motifs is 2. The molecule has 0 aromatic heterocycles. The number of aliphatic hydroxyl groups excluding tert-OH is 2. The monoisotopic (exact) mass is 767 g/mol. The second kappa shape index (κ2) is 19.3. The molecule has 2 bridgehead atoms. The van der Waals surface area contributed by atoms with Crippen molar-refractivity contribution >= 4 is 18.2 Å². The summed E-state index contributed by atoms with van der Waals surface area (Å²) < 4.78 is 43.0. The van der Waals surface area contributed by atoms with Crippen LogP contribution in [0.5, 0.6) is 0 Å². The van der Waals surface area contributed by atoms with Crippen molar-refractivity contribution in [3.8, 4) is 0 Å². The molecule has 4 aliphatic rings. The van der Waals surface area contributed by atoms with Gasteiger partial charge in [0.25, 0.3) is 0 Å². The molecule has 2 saturated heterocycles. The van der Waals surface area contributed by atoms with Crippen LogP contribution in [0.2, 0.25) is 0 Å². The Labute approximate surface area is 320 Å². The summed E-state index contributed by atoms with van der Waals surface area (Å²) in [5.74, 6) is -2.83. The molecule has 3 heterocycles. The van der Waals surface area contributed by atoms with Crippen LogP contribution in [0.15, 0.2) is 24.3 Å². The fraction of sp³-hybridized carbons (Fsp3) is 0.825. The van der Waals surface area contributed by atoms with E-state index in [0.717, 1.165) is 6.29 Å². The van der Waals surface area contributed by atoms with E-state index < -0.39 is 109 Å². The number of allylic oxidation sites excluding steroid dienone is 2. The van der Waals surface area contributed by atoms with Crippen LogP contribution >= 0.6 is 0 Å². The van der Waals surface area contributed by atoms with Crippen molar-refractivity contribution in [2.45, 2.75) is 160 Å². The topological polar surface area (TPSA) is 180 Å². The molecule has 14 heteroatoms. The molecule has 14 nitrogen and oxygen atoms in total. The Morgan fingerprint density at radius 2 is 1.74 bits per heavy atom. The highest BCUT2D eigenvalue weighted by molar-refractivity contribution is 5.71. The number of nitrogens with zero attached hydrogens (tertiary/aromatic N) is 1. The van der Waals surface area contributed by atoms with Crippen LogP contribution in [0.4, 0.5) is 0 Å². The summed E-state index contributed by atoms with van der Waals surface area (Å²) >= 11 is 0. The van der Waals surface area contributed by atoms with Gasteiger partial charge in [-0.25, -0.2) is 0 Å². The number of cyclic esters (lactones) is 1. The van der Waals surface area contributed by atoms with Crippen LogP contribution in [0, 0.1) is 29.6 Å². The first-order valence-corrected chi connectivity index (χ1v) is 19.5. The fourth-order valence-corrected chi connectivity index (χ4v) is 8.65. The largest absolute Gasteiger partial charge is 0.462 e. The molecule has 0 amide bonds. The van der Waals surface area contributed by atoms with Crippen molar-refractivity contribution in [3.63, 3.8) is 0 Å². The molecule has 1 saturated carbocycles. The van der Waals surface area contributed by atoms with Gasteiger partial charge in [0.1, 0.15) is 30.2 Å². The first-order valence-electron chi connectivity index (χ1n) is 19.5. The number of carbonyl (C=O) groups is 3. The predicted octanol–water partition coefficient (Wildman–Crippen LogP) is 2.94. The number of methoxy groups -OCH3 is 1. The quantitative estimate of drug-likeness (QED) is 0.218. The molecular weight excluding hydrogens is 702 g/mol. The maximum atomic E-state index is 13.2. The zero-order valence-electron chi connectivity index (χ0n) is 33.6. The smallest absolute Gasteiger partial charge is 0.306 e. The third-order valence-corrected chi connectivity index (χ3v) is 11.4. The molecular formula is C40H65NO13. The molecule has 0 spiro atoms. The number of aliphatic hydroxyl groups is 3. The zero-order valence-corrected chi connectivity index (χ0v) is 33.6. The lowest BCUT2D eigenvalue weighted by Crippen LogP contribution is -2.65. The molecule has 17 atom stereocenters. The van der Waals surface area contributed by atoms with Crippen LogP contribution in [-0.2, 0) is 47.5 Å². The highest BCUT2D eigenvalue weighted by Crippen LogP contribution is 2.47. The average molecular weight is 768 g/mol. The number of likely N-dealkylation sites (N-methyl/N-ethyl adjacent to an activating group) is 1. The zero-order chi connectivity index (χ0) is 40.1. The summed E-state index contributed by atoms with van der Waals surface area (Å²) in [6.07, 6.45) is -0.173. The Balaban J connectivity index is 1.56. The summed E-state index contributed by atoms with van der Waals surface area (Å²) in [7, 11) is 5.09. The van der Waals surface area contributed by atoms with E-state index in [1.54, 1.807) is 60.0 Å². The maximum Gasteiger partial charge on any atom is 0.306 e. The molecule has 0 unspecified atom stereocenters. The number of aldehydes is 1. The van der Waals surface area contributed by atoms with E-state index in [1.807, 2.05) is 31.7 Å². The Kier molecular flexibility index (Phi) is 15.8. The molecule has 1 aliphatic carbocycles. The third-order valence-electron chi connectivity index (χ3n) is 11.4. The minimum Gasteiger partial charge on any atom is -0.462 e. The van der Waals surface area contributed by atoms with Gasteiger partial charge in [0.05, 0.1) is 43.0 Å². The summed E-state index contributed by atoms with van der Waals surface area (Å²) in [5.41, 5.74) is -1.46. The molecule has 4 rings (SSSR count). The predicted molar refractivity (Wildman–Crippen MR) is 197 cm³/mol. The lowest BCUT2D eigenvalue weighted by molar-refractivity contribution is -0.341. The Morgan fingerprint density at radius 1 is 1.04 bits per heavy atom. The minimum atomic E-state index is -1.46. The van der Waals surface area contributed by atoms with E-state index in [9.17, 15) is 29.7 Å². The molecule has 3 aliphatic heterocycles. The fourth-order valence-electron chi connectivity index (χ4n) is 8.65. The summed E-state index contributed by atoms with van der Waals surface area (Å²) in [6.45, 7) is 12.6. The van der Waals surface area contributed by atoms with Crippen molar-refractivity contribution in [3.05, 3.63) is 24.3 Å².